The van der Waals surface area contributed by atoms with Gasteiger partial charge in [0.05, 0.1) is 5.56 Å². The second-order valence-electron chi connectivity index (χ2n) is 5.29. The van der Waals surface area contributed by atoms with Gasteiger partial charge in [0, 0.05) is 13.1 Å². The van der Waals surface area contributed by atoms with Gasteiger partial charge in [0.2, 0.25) is 0 Å². The summed E-state index contributed by atoms with van der Waals surface area (Å²) in [6.45, 7) is 1.79. The lowest BCUT2D eigenvalue weighted by Gasteiger charge is -2.22. The lowest BCUT2D eigenvalue weighted by Crippen LogP contribution is -2.28. The summed E-state index contributed by atoms with van der Waals surface area (Å²) in [7, 11) is 0. The molecule has 3 nitrogen and oxygen atoms in total. The normalized spacial score (nSPS) is 26.7. The molecule has 2 fully saturated rings. The third-order valence-electron chi connectivity index (χ3n) is 4.24. The Labute approximate surface area is 111 Å². The molecule has 0 bridgehead atoms. The van der Waals surface area contributed by atoms with Crippen LogP contribution in [0.25, 0.3) is 0 Å². The third kappa shape index (κ3) is 1.93. The Morgan fingerprint density at radius 3 is 2.61 bits per heavy atom. The SMILES string of the molecule is N#Cc1ccsc1C(=O)N1CC2CCCCC2C1. The summed E-state index contributed by atoms with van der Waals surface area (Å²) < 4.78 is 0. The summed E-state index contributed by atoms with van der Waals surface area (Å²) in [6.07, 6.45) is 5.16. The van der Waals surface area contributed by atoms with Crippen LogP contribution in [-0.2, 0) is 0 Å². The molecule has 2 heterocycles. The lowest BCUT2D eigenvalue weighted by molar-refractivity contribution is 0.0788. The Hall–Kier alpha value is -1.34. The number of amides is 1. The summed E-state index contributed by atoms with van der Waals surface area (Å²) >= 11 is 1.39. The second kappa shape index (κ2) is 4.74. The fraction of sp³-hybridized carbons (Fsp3) is 0.571. The van der Waals surface area contributed by atoms with E-state index in [0.29, 0.717) is 22.3 Å². The standard InChI is InChI=1S/C14H16N2OS/c15-7-10-5-6-18-13(10)14(17)16-8-11-3-1-2-4-12(11)9-16/h5-6,11-12H,1-4,8-9H2. The van der Waals surface area contributed by atoms with Crippen LogP contribution in [0.4, 0.5) is 0 Å². The number of nitriles is 1. The highest BCUT2D eigenvalue weighted by Gasteiger charge is 2.37. The first-order valence-corrected chi connectivity index (χ1v) is 7.44. The van der Waals surface area contributed by atoms with Crippen LogP contribution < -0.4 is 0 Å². The second-order valence-corrected chi connectivity index (χ2v) is 6.21. The fourth-order valence-electron chi connectivity index (χ4n) is 3.28. The van der Waals surface area contributed by atoms with E-state index in [-0.39, 0.29) is 5.91 Å². The van der Waals surface area contributed by atoms with Crippen molar-refractivity contribution in [2.24, 2.45) is 11.8 Å². The number of rotatable bonds is 1. The summed E-state index contributed by atoms with van der Waals surface area (Å²) in [5.41, 5.74) is 0.528. The minimum Gasteiger partial charge on any atom is -0.337 e. The highest BCUT2D eigenvalue weighted by atomic mass is 32.1. The van der Waals surface area contributed by atoms with Crippen LogP contribution in [0, 0.1) is 23.2 Å². The molecule has 0 radical (unpaired) electrons. The Balaban J connectivity index is 1.76. The van der Waals surface area contributed by atoms with Crippen LogP contribution in [0.5, 0.6) is 0 Å². The molecule has 18 heavy (non-hydrogen) atoms. The van der Waals surface area contributed by atoms with E-state index in [9.17, 15) is 4.79 Å². The molecule has 2 aliphatic rings. The van der Waals surface area contributed by atoms with Gasteiger partial charge < -0.3 is 4.90 Å². The molecule has 1 aromatic rings. The Kier molecular flexibility index (Phi) is 3.09. The number of likely N-dealkylation sites (tertiary alicyclic amines) is 1. The minimum atomic E-state index is 0.0657. The molecule has 94 valence electrons. The van der Waals surface area contributed by atoms with Crippen molar-refractivity contribution in [1.29, 1.82) is 5.26 Å². The van der Waals surface area contributed by atoms with Gasteiger partial charge in [-0.3, -0.25) is 4.79 Å². The van der Waals surface area contributed by atoms with Gasteiger partial charge >= 0.3 is 0 Å². The van der Waals surface area contributed by atoms with Gasteiger partial charge in [-0.25, -0.2) is 0 Å². The van der Waals surface area contributed by atoms with Crippen LogP contribution in [0.2, 0.25) is 0 Å². The monoisotopic (exact) mass is 260 g/mol. The number of carbonyl (C=O) groups is 1. The topological polar surface area (TPSA) is 44.1 Å². The summed E-state index contributed by atoms with van der Waals surface area (Å²) in [5, 5.41) is 10.8. The third-order valence-corrected chi connectivity index (χ3v) is 5.15. The van der Waals surface area contributed by atoms with Crippen molar-refractivity contribution in [3.8, 4) is 6.07 Å². The largest absolute Gasteiger partial charge is 0.337 e. The molecule has 1 aromatic heterocycles. The number of hydrogen-bond acceptors (Lipinski definition) is 3. The predicted octanol–water partition coefficient (Wildman–Crippen LogP) is 2.88. The first kappa shape index (κ1) is 11.7. The van der Waals surface area contributed by atoms with Crippen molar-refractivity contribution in [3.63, 3.8) is 0 Å². The summed E-state index contributed by atoms with van der Waals surface area (Å²) in [4.78, 5) is 15.0. The number of hydrogen-bond donors (Lipinski definition) is 0. The van der Waals surface area contributed by atoms with Crippen LogP contribution in [-0.4, -0.2) is 23.9 Å². The van der Waals surface area contributed by atoms with Crippen molar-refractivity contribution >= 4 is 17.2 Å². The Morgan fingerprint density at radius 2 is 2.00 bits per heavy atom. The molecule has 4 heteroatoms. The van der Waals surface area contributed by atoms with E-state index in [2.05, 4.69) is 6.07 Å². The first-order chi connectivity index (χ1) is 8.79. The number of thiophene rings is 1. The maximum Gasteiger partial charge on any atom is 0.265 e. The van der Waals surface area contributed by atoms with E-state index in [4.69, 9.17) is 5.26 Å². The molecule has 1 aliphatic carbocycles. The molecule has 0 N–H and O–H groups in total. The van der Waals surface area contributed by atoms with E-state index in [1.165, 1.54) is 37.0 Å². The predicted molar refractivity (Wildman–Crippen MR) is 70.4 cm³/mol. The smallest absolute Gasteiger partial charge is 0.265 e. The molecule has 1 aliphatic heterocycles. The van der Waals surface area contributed by atoms with Crippen LogP contribution in [0.3, 0.4) is 0 Å². The lowest BCUT2D eigenvalue weighted by atomic mass is 9.82. The van der Waals surface area contributed by atoms with Gasteiger partial charge in [-0.1, -0.05) is 12.8 Å². The molecule has 0 spiro atoms. The van der Waals surface area contributed by atoms with Gasteiger partial charge in [0.25, 0.3) is 5.91 Å². The molecule has 1 saturated heterocycles. The van der Waals surface area contributed by atoms with E-state index in [0.717, 1.165) is 13.1 Å². The van der Waals surface area contributed by atoms with Gasteiger partial charge in [0.1, 0.15) is 10.9 Å². The zero-order valence-electron chi connectivity index (χ0n) is 10.3. The average Bonchev–Trinajstić information content (AvgIpc) is 3.03. The van der Waals surface area contributed by atoms with E-state index in [1.807, 2.05) is 10.3 Å². The minimum absolute atomic E-state index is 0.0657. The maximum absolute atomic E-state index is 12.4. The highest BCUT2D eigenvalue weighted by Crippen LogP contribution is 2.37. The van der Waals surface area contributed by atoms with Crippen LogP contribution in [0.15, 0.2) is 11.4 Å². The summed E-state index contributed by atoms with van der Waals surface area (Å²) in [5.74, 6) is 1.47. The van der Waals surface area contributed by atoms with Crippen LogP contribution in [0.1, 0.15) is 40.9 Å². The summed E-state index contributed by atoms with van der Waals surface area (Å²) in [6, 6.07) is 3.84. The number of fused-ring (bicyclic) bond motifs is 1. The zero-order chi connectivity index (χ0) is 12.5. The molecule has 1 saturated carbocycles. The molecular formula is C14H16N2OS. The van der Waals surface area contributed by atoms with Crippen LogP contribution >= 0.6 is 11.3 Å². The molecule has 0 aromatic carbocycles. The molecular weight excluding hydrogens is 244 g/mol. The van der Waals surface area contributed by atoms with E-state index in [1.54, 1.807) is 6.07 Å². The molecule has 3 rings (SSSR count). The number of carbonyl (C=O) groups excluding carboxylic acids is 1. The van der Waals surface area contributed by atoms with E-state index >= 15 is 0 Å². The highest BCUT2D eigenvalue weighted by molar-refractivity contribution is 7.12. The Morgan fingerprint density at radius 1 is 1.33 bits per heavy atom. The van der Waals surface area contributed by atoms with E-state index < -0.39 is 0 Å². The average molecular weight is 260 g/mol. The zero-order valence-corrected chi connectivity index (χ0v) is 11.1. The molecule has 2 atom stereocenters. The van der Waals surface area contributed by atoms with Crippen molar-refractivity contribution in [1.82, 2.24) is 4.90 Å². The first-order valence-electron chi connectivity index (χ1n) is 6.56. The molecule has 1 amide bonds. The van der Waals surface area contributed by atoms with Gasteiger partial charge in [-0.05, 0) is 36.1 Å². The quantitative estimate of drug-likeness (QED) is 0.779. The van der Waals surface area contributed by atoms with Gasteiger partial charge in [-0.2, -0.15) is 5.26 Å². The van der Waals surface area contributed by atoms with Crippen molar-refractivity contribution in [2.45, 2.75) is 25.7 Å². The van der Waals surface area contributed by atoms with Gasteiger partial charge in [0.15, 0.2) is 0 Å². The fourth-order valence-corrected chi connectivity index (χ4v) is 4.09. The maximum atomic E-state index is 12.4. The van der Waals surface area contributed by atoms with Crippen molar-refractivity contribution < 1.29 is 4.79 Å². The molecule has 2 unspecified atom stereocenters. The Bertz CT molecular complexity index is 488. The van der Waals surface area contributed by atoms with Crippen molar-refractivity contribution in [3.05, 3.63) is 21.9 Å². The van der Waals surface area contributed by atoms with Crippen molar-refractivity contribution in [2.75, 3.05) is 13.1 Å². The van der Waals surface area contributed by atoms with Gasteiger partial charge in [-0.15, -0.1) is 11.3 Å². The number of nitrogens with zero attached hydrogens (tertiary/aromatic N) is 2.